The standard InChI is InChI=1S/C15H26N2O2S/c1-12(2)15(3,4)11-16-13-7-9-14(10-8-13)20(18,19)17(5)6/h7-10,12,16H,11H2,1-6H3. The predicted molar refractivity (Wildman–Crippen MR) is 84.4 cm³/mol. The van der Waals surface area contributed by atoms with Gasteiger partial charge in [-0.25, -0.2) is 12.7 Å². The molecule has 114 valence electrons. The Kier molecular flexibility index (Phi) is 5.21. The SMILES string of the molecule is CC(C)C(C)(C)CNc1ccc(S(=O)(=O)N(C)C)cc1. The van der Waals surface area contributed by atoms with E-state index in [0.717, 1.165) is 12.2 Å². The summed E-state index contributed by atoms with van der Waals surface area (Å²) in [6.07, 6.45) is 0. The molecule has 0 spiro atoms. The first kappa shape index (κ1) is 17.0. The second-order valence-electron chi connectivity index (χ2n) is 6.31. The zero-order valence-corrected chi connectivity index (χ0v) is 14.1. The van der Waals surface area contributed by atoms with Gasteiger partial charge in [-0.15, -0.1) is 0 Å². The van der Waals surface area contributed by atoms with E-state index in [1.165, 1.54) is 18.4 Å². The highest BCUT2D eigenvalue weighted by Gasteiger charge is 2.22. The summed E-state index contributed by atoms with van der Waals surface area (Å²) in [6, 6.07) is 6.90. The average Bonchev–Trinajstić information content (AvgIpc) is 2.36. The van der Waals surface area contributed by atoms with Crippen molar-refractivity contribution < 1.29 is 8.42 Å². The summed E-state index contributed by atoms with van der Waals surface area (Å²) in [5, 5.41) is 3.37. The van der Waals surface area contributed by atoms with Crippen molar-refractivity contribution in [3.8, 4) is 0 Å². The highest BCUT2D eigenvalue weighted by molar-refractivity contribution is 7.89. The molecular weight excluding hydrogens is 272 g/mol. The number of rotatable bonds is 6. The molecule has 1 N–H and O–H groups in total. The van der Waals surface area contributed by atoms with Crippen molar-refractivity contribution in [3.63, 3.8) is 0 Å². The Morgan fingerprint density at radius 1 is 1.15 bits per heavy atom. The Hall–Kier alpha value is -1.07. The van der Waals surface area contributed by atoms with E-state index in [2.05, 4.69) is 33.0 Å². The van der Waals surface area contributed by atoms with E-state index < -0.39 is 10.0 Å². The fourth-order valence-electron chi connectivity index (χ4n) is 1.49. The molecule has 0 atom stereocenters. The third-order valence-corrected chi connectivity index (χ3v) is 5.77. The summed E-state index contributed by atoms with van der Waals surface area (Å²) in [5.41, 5.74) is 1.13. The molecule has 0 radical (unpaired) electrons. The monoisotopic (exact) mass is 298 g/mol. The van der Waals surface area contributed by atoms with Crippen LogP contribution in [-0.4, -0.2) is 33.4 Å². The topological polar surface area (TPSA) is 49.4 Å². The molecule has 0 aliphatic heterocycles. The van der Waals surface area contributed by atoms with Gasteiger partial charge in [0.15, 0.2) is 0 Å². The third-order valence-electron chi connectivity index (χ3n) is 3.94. The number of sulfonamides is 1. The average molecular weight is 298 g/mol. The fourth-order valence-corrected chi connectivity index (χ4v) is 2.39. The van der Waals surface area contributed by atoms with Crippen LogP contribution in [0.15, 0.2) is 29.2 Å². The molecule has 0 saturated carbocycles. The van der Waals surface area contributed by atoms with E-state index in [9.17, 15) is 8.42 Å². The molecule has 4 nitrogen and oxygen atoms in total. The minimum absolute atomic E-state index is 0.189. The fraction of sp³-hybridized carbons (Fsp3) is 0.600. The van der Waals surface area contributed by atoms with Crippen molar-refractivity contribution in [2.45, 2.75) is 32.6 Å². The number of hydrogen-bond donors (Lipinski definition) is 1. The molecule has 0 amide bonds. The van der Waals surface area contributed by atoms with E-state index in [-0.39, 0.29) is 5.41 Å². The zero-order valence-electron chi connectivity index (χ0n) is 13.3. The van der Waals surface area contributed by atoms with E-state index in [1.54, 1.807) is 12.1 Å². The van der Waals surface area contributed by atoms with E-state index >= 15 is 0 Å². The molecule has 0 aliphatic carbocycles. The number of nitrogens with zero attached hydrogens (tertiary/aromatic N) is 1. The van der Waals surface area contributed by atoms with Gasteiger partial charge < -0.3 is 5.32 Å². The molecule has 0 fully saturated rings. The van der Waals surface area contributed by atoms with E-state index in [1.807, 2.05) is 12.1 Å². The molecule has 1 rings (SSSR count). The summed E-state index contributed by atoms with van der Waals surface area (Å²) in [4.78, 5) is 0.316. The minimum atomic E-state index is -3.34. The maximum absolute atomic E-state index is 12.0. The van der Waals surface area contributed by atoms with Gasteiger partial charge in [0, 0.05) is 26.3 Å². The van der Waals surface area contributed by atoms with Crippen molar-refractivity contribution >= 4 is 15.7 Å². The van der Waals surface area contributed by atoms with Crippen LogP contribution in [0.5, 0.6) is 0 Å². The van der Waals surface area contributed by atoms with Crippen LogP contribution in [0.25, 0.3) is 0 Å². The number of benzene rings is 1. The van der Waals surface area contributed by atoms with Gasteiger partial charge in [0.1, 0.15) is 0 Å². The van der Waals surface area contributed by atoms with Crippen LogP contribution >= 0.6 is 0 Å². The van der Waals surface area contributed by atoms with E-state index in [0.29, 0.717) is 10.8 Å². The van der Waals surface area contributed by atoms with Crippen molar-refractivity contribution in [1.29, 1.82) is 0 Å². The second kappa shape index (κ2) is 6.14. The molecule has 0 unspecified atom stereocenters. The van der Waals surface area contributed by atoms with Gasteiger partial charge in [-0.2, -0.15) is 0 Å². The van der Waals surface area contributed by atoms with Gasteiger partial charge in [0.05, 0.1) is 4.90 Å². The maximum Gasteiger partial charge on any atom is 0.242 e. The van der Waals surface area contributed by atoms with Crippen molar-refractivity contribution in [2.75, 3.05) is 26.0 Å². The normalized spacial score (nSPS) is 13.0. The van der Waals surface area contributed by atoms with Gasteiger partial charge in [-0.05, 0) is 35.6 Å². The molecular formula is C15H26N2O2S. The quantitative estimate of drug-likeness (QED) is 0.878. The maximum atomic E-state index is 12.0. The zero-order chi connectivity index (χ0) is 15.6. The molecule has 5 heteroatoms. The lowest BCUT2D eigenvalue weighted by molar-refractivity contribution is 0.269. The van der Waals surface area contributed by atoms with Gasteiger partial charge >= 0.3 is 0 Å². The van der Waals surface area contributed by atoms with Crippen LogP contribution < -0.4 is 5.32 Å². The van der Waals surface area contributed by atoms with Crippen LogP contribution in [-0.2, 0) is 10.0 Å². The van der Waals surface area contributed by atoms with Gasteiger partial charge in [0.2, 0.25) is 10.0 Å². The smallest absolute Gasteiger partial charge is 0.242 e. The first-order valence-electron chi connectivity index (χ1n) is 6.84. The van der Waals surface area contributed by atoms with Gasteiger partial charge in [-0.1, -0.05) is 27.7 Å². The molecule has 1 aromatic rings. The largest absolute Gasteiger partial charge is 0.384 e. The lowest BCUT2D eigenvalue weighted by atomic mass is 9.81. The predicted octanol–water partition coefficient (Wildman–Crippen LogP) is 3.03. The third kappa shape index (κ3) is 3.96. The molecule has 0 heterocycles. The second-order valence-corrected chi connectivity index (χ2v) is 8.46. The first-order chi connectivity index (χ1) is 9.07. The van der Waals surface area contributed by atoms with Crippen LogP contribution in [0.3, 0.4) is 0 Å². The number of nitrogens with one attached hydrogen (secondary N) is 1. The van der Waals surface area contributed by atoms with Crippen LogP contribution in [0.4, 0.5) is 5.69 Å². The van der Waals surface area contributed by atoms with Crippen molar-refractivity contribution in [3.05, 3.63) is 24.3 Å². The summed E-state index contributed by atoms with van der Waals surface area (Å²) < 4.78 is 25.1. The van der Waals surface area contributed by atoms with Crippen molar-refractivity contribution in [1.82, 2.24) is 4.31 Å². The van der Waals surface area contributed by atoms with Gasteiger partial charge in [-0.3, -0.25) is 0 Å². The summed E-state index contributed by atoms with van der Waals surface area (Å²) in [7, 11) is -0.276. The van der Waals surface area contributed by atoms with E-state index in [4.69, 9.17) is 0 Å². The molecule has 1 aromatic carbocycles. The lowest BCUT2D eigenvalue weighted by Gasteiger charge is -2.29. The van der Waals surface area contributed by atoms with Crippen LogP contribution in [0.2, 0.25) is 0 Å². The lowest BCUT2D eigenvalue weighted by Crippen LogP contribution is -2.28. The summed E-state index contributed by atoms with van der Waals surface area (Å²) in [6.45, 7) is 9.69. The Labute approximate surface area is 123 Å². The first-order valence-corrected chi connectivity index (χ1v) is 8.28. The number of anilines is 1. The molecule has 20 heavy (non-hydrogen) atoms. The molecule has 0 bridgehead atoms. The number of hydrogen-bond acceptors (Lipinski definition) is 3. The molecule has 0 aliphatic rings. The Morgan fingerprint density at radius 2 is 1.65 bits per heavy atom. The van der Waals surface area contributed by atoms with Crippen molar-refractivity contribution in [2.24, 2.45) is 11.3 Å². The van der Waals surface area contributed by atoms with Gasteiger partial charge in [0.25, 0.3) is 0 Å². The Balaban J connectivity index is 2.79. The van der Waals surface area contributed by atoms with Crippen LogP contribution in [0, 0.1) is 11.3 Å². The van der Waals surface area contributed by atoms with Crippen LogP contribution in [0.1, 0.15) is 27.7 Å². The summed E-state index contributed by atoms with van der Waals surface area (Å²) in [5.74, 6) is 0.573. The Morgan fingerprint density at radius 3 is 2.05 bits per heavy atom. The molecule has 0 saturated heterocycles. The highest BCUT2D eigenvalue weighted by Crippen LogP contribution is 2.26. The minimum Gasteiger partial charge on any atom is -0.384 e. The summed E-state index contributed by atoms with van der Waals surface area (Å²) >= 11 is 0. The Bertz CT molecular complexity index is 531. The molecule has 0 aromatic heterocycles. The highest BCUT2D eigenvalue weighted by atomic mass is 32.2.